The molecule has 0 radical (unpaired) electrons. The van der Waals surface area contributed by atoms with E-state index in [4.69, 9.17) is 14.2 Å². The summed E-state index contributed by atoms with van der Waals surface area (Å²) in [7, 11) is 0. The highest BCUT2D eigenvalue weighted by Crippen LogP contribution is 2.18. The van der Waals surface area contributed by atoms with Crippen LogP contribution in [-0.2, 0) is 28.6 Å². The van der Waals surface area contributed by atoms with Gasteiger partial charge in [0, 0.05) is 19.3 Å². The molecule has 1 unspecified atom stereocenters. The zero-order valence-corrected chi connectivity index (χ0v) is 42.2. The molecule has 0 bridgehead atoms. The third-order valence-electron chi connectivity index (χ3n) is 12.9. The molecule has 0 aliphatic heterocycles. The number of rotatable bonds is 52. The highest BCUT2D eigenvalue weighted by molar-refractivity contribution is 5.71. The van der Waals surface area contributed by atoms with Crippen molar-refractivity contribution in [1.82, 2.24) is 0 Å². The summed E-state index contributed by atoms with van der Waals surface area (Å²) >= 11 is 0. The summed E-state index contributed by atoms with van der Waals surface area (Å²) in [5, 5.41) is 0. The van der Waals surface area contributed by atoms with Crippen LogP contribution in [0, 0.1) is 0 Å². The topological polar surface area (TPSA) is 78.9 Å². The number of esters is 3. The highest BCUT2D eigenvalue weighted by atomic mass is 16.6. The fraction of sp³-hybridized carbons (Fsp3) is 0.946. The molecule has 0 heterocycles. The molecule has 0 fully saturated rings. The molecule has 6 heteroatoms. The van der Waals surface area contributed by atoms with Crippen LogP contribution in [0.2, 0.25) is 0 Å². The Morgan fingerprint density at radius 1 is 0.258 bits per heavy atom. The lowest BCUT2D eigenvalue weighted by molar-refractivity contribution is -0.167. The Morgan fingerprint density at radius 3 is 0.645 bits per heavy atom. The fourth-order valence-corrected chi connectivity index (χ4v) is 8.62. The lowest BCUT2D eigenvalue weighted by Crippen LogP contribution is -2.30. The summed E-state index contributed by atoms with van der Waals surface area (Å²) in [4.78, 5) is 37.8. The molecule has 0 aromatic rings. The third-order valence-corrected chi connectivity index (χ3v) is 12.9. The smallest absolute Gasteiger partial charge is 0.306 e. The first-order valence-electron chi connectivity index (χ1n) is 28.0. The maximum atomic E-state index is 12.7. The summed E-state index contributed by atoms with van der Waals surface area (Å²) in [5.41, 5.74) is 0. The van der Waals surface area contributed by atoms with Crippen LogP contribution >= 0.6 is 0 Å². The molecule has 368 valence electrons. The average molecular weight is 877 g/mol. The van der Waals surface area contributed by atoms with Crippen LogP contribution < -0.4 is 0 Å². The number of hydrogen-bond donors (Lipinski definition) is 0. The van der Waals surface area contributed by atoms with Gasteiger partial charge in [0.25, 0.3) is 0 Å². The molecule has 6 nitrogen and oxygen atoms in total. The molecule has 0 aromatic heterocycles. The Bertz CT molecular complexity index is 920. The van der Waals surface area contributed by atoms with Gasteiger partial charge >= 0.3 is 17.9 Å². The average Bonchev–Trinajstić information content (AvgIpc) is 3.27. The standard InChI is InChI=1S/C56H108O6/c1-4-7-10-13-16-19-20-21-22-23-24-25-26-27-28-29-30-31-32-33-34-35-38-40-43-46-49-55(58)61-52-53(62-56(59)50-47-44-41-37-18-15-12-9-6-3)51-60-54(57)48-45-42-39-36-17-14-11-8-5-2/h53H,4-52H2,1-3H3. The summed E-state index contributed by atoms with van der Waals surface area (Å²) < 4.78 is 16.8. The van der Waals surface area contributed by atoms with Crippen molar-refractivity contribution in [3.8, 4) is 0 Å². The van der Waals surface area contributed by atoms with E-state index >= 15 is 0 Å². The van der Waals surface area contributed by atoms with Crippen molar-refractivity contribution in [1.29, 1.82) is 0 Å². The van der Waals surface area contributed by atoms with Gasteiger partial charge in [-0.05, 0) is 19.3 Å². The zero-order valence-electron chi connectivity index (χ0n) is 42.2. The normalized spacial score (nSPS) is 11.9. The number of carbonyl (C=O) groups excluding carboxylic acids is 3. The van der Waals surface area contributed by atoms with Crippen molar-refractivity contribution in [3.63, 3.8) is 0 Å². The van der Waals surface area contributed by atoms with Crippen molar-refractivity contribution in [2.24, 2.45) is 0 Å². The largest absolute Gasteiger partial charge is 0.462 e. The second-order valence-corrected chi connectivity index (χ2v) is 19.2. The first kappa shape index (κ1) is 60.4. The Balaban J connectivity index is 3.99. The van der Waals surface area contributed by atoms with Crippen LogP contribution in [0.4, 0.5) is 0 Å². The van der Waals surface area contributed by atoms with E-state index in [1.165, 1.54) is 225 Å². The first-order valence-corrected chi connectivity index (χ1v) is 28.0. The summed E-state index contributed by atoms with van der Waals surface area (Å²) in [6.07, 6.45) is 57.0. The molecule has 0 saturated carbocycles. The zero-order chi connectivity index (χ0) is 45.1. The Kier molecular flexibility index (Phi) is 50.7. The first-order chi connectivity index (χ1) is 30.5. The molecule has 0 aromatic carbocycles. The molecule has 1 atom stereocenters. The minimum Gasteiger partial charge on any atom is -0.462 e. The van der Waals surface area contributed by atoms with Gasteiger partial charge in [0.15, 0.2) is 6.10 Å². The molecule has 0 spiro atoms. The molecular weight excluding hydrogens is 769 g/mol. The van der Waals surface area contributed by atoms with Crippen molar-refractivity contribution in [2.75, 3.05) is 13.2 Å². The van der Waals surface area contributed by atoms with Crippen molar-refractivity contribution < 1.29 is 28.6 Å². The van der Waals surface area contributed by atoms with Crippen LogP contribution in [0.5, 0.6) is 0 Å². The predicted molar refractivity (Wildman–Crippen MR) is 266 cm³/mol. The van der Waals surface area contributed by atoms with Crippen molar-refractivity contribution in [2.45, 2.75) is 329 Å². The summed E-state index contributed by atoms with van der Waals surface area (Å²) in [6.45, 7) is 6.65. The Hall–Kier alpha value is -1.59. The van der Waals surface area contributed by atoms with Gasteiger partial charge < -0.3 is 14.2 Å². The third kappa shape index (κ3) is 49.4. The number of unbranched alkanes of at least 4 members (excludes halogenated alkanes) is 41. The monoisotopic (exact) mass is 877 g/mol. The maximum Gasteiger partial charge on any atom is 0.306 e. The van der Waals surface area contributed by atoms with Crippen LogP contribution in [0.15, 0.2) is 0 Å². The second-order valence-electron chi connectivity index (χ2n) is 19.2. The van der Waals surface area contributed by atoms with E-state index in [0.29, 0.717) is 19.3 Å². The Morgan fingerprint density at radius 2 is 0.435 bits per heavy atom. The highest BCUT2D eigenvalue weighted by Gasteiger charge is 2.19. The van der Waals surface area contributed by atoms with Gasteiger partial charge in [0.1, 0.15) is 13.2 Å². The van der Waals surface area contributed by atoms with Crippen LogP contribution in [0.3, 0.4) is 0 Å². The molecular formula is C56H108O6. The molecule has 0 amide bonds. The van der Waals surface area contributed by atoms with E-state index in [1.54, 1.807) is 0 Å². The summed E-state index contributed by atoms with van der Waals surface area (Å²) in [5.74, 6) is -0.848. The van der Waals surface area contributed by atoms with E-state index < -0.39 is 6.10 Å². The van der Waals surface area contributed by atoms with Crippen LogP contribution in [0.25, 0.3) is 0 Å². The number of carbonyl (C=O) groups is 3. The van der Waals surface area contributed by atoms with Gasteiger partial charge in [0.2, 0.25) is 0 Å². The molecule has 0 aliphatic rings. The van der Waals surface area contributed by atoms with Crippen LogP contribution in [-0.4, -0.2) is 37.2 Å². The van der Waals surface area contributed by atoms with E-state index in [0.717, 1.165) is 57.8 Å². The van der Waals surface area contributed by atoms with Crippen LogP contribution in [0.1, 0.15) is 323 Å². The van der Waals surface area contributed by atoms with Gasteiger partial charge in [-0.2, -0.15) is 0 Å². The SMILES string of the molecule is CCCCCCCCCCCCCCCCCCCCCCCCCCCCC(=O)OCC(COC(=O)CCCCCCCCCCC)OC(=O)CCCCCCCCCCC. The van der Waals surface area contributed by atoms with E-state index in [-0.39, 0.29) is 31.1 Å². The van der Waals surface area contributed by atoms with E-state index in [9.17, 15) is 14.4 Å². The van der Waals surface area contributed by atoms with Gasteiger partial charge in [-0.3, -0.25) is 14.4 Å². The predicted octanol–water partition coefficient (Wildman–Crippen LogP) is 18.4. The maximum absolute atomic E-state index is 12.7. The lowest BCUT2D eigenvalue weighted by atomic mass is 10.0. The number of ether oxygens (including phenoxy) is 3. The quantitative estimate of drug-likeness (QED) is 0.0344. The Labute approximate surface area is 387 Å². The van der Waals surface area contributed by atoms with Crippen molar-refractivity contribution >= 4 is 17.9 Å². The van der Waals surface area contributed by atoms with E-state index in [1.807, 2.05) is 0 Å². The van der Waals surface area contributed by atoms with Gasteiger partial charge in [-0.25, -0.2) is 0 Å². The summed E-state index contributed by atoms with van der Waals surface area (Å²) in [6, 6.07) is 0. The fourth-order valence-electron chi connectivity index (χ4n) is 8.62. The number of hydrogen-bond acceptors (Lipinski definition) is 6. The van der Waals surface area contributed by atoms with Gasteiger partial charge in [-0.1, -0.05) is 284 Å². The van der Waals surface area contributed by atoms with Crippen molar-refractivity contribution in [3.05, 3.63) is 0 Å². The molecule has 0 saturated heterocycles. The molecule has 62 heavy (non-hydrogen) atoms. The molecule has 0 rings (SSSR count). The second kappa shape index (κ2) is 52.0. The minimum atomic E-state index is -0.758. The molecule has 0 aliphatic carbocycles. The van der Waals surface area contributed by atoms with Gasteiger partial charge in [-0.15, -0.1) is 0 Å². The minimum absolute atomic E-state index is 0.0624. The van der Waals surface area contributed by atoms with Gasteiger partial charge in [0.05, 0.1) is 0 Å². The van der Waals surface area contributed by atoms with E-state index in [2.05, 4.69) is 20.8 Å². The molecule has 0 N–H and O–H groups in total. The lowest BCUT2D eigenvalue weighted by Gasteiger charge is -2.18.